The molecule has 0 spiro atoms. The molecule has 126 valence electrons. The van der Waals surface area contributed by atoms with Crippen LogP contribution in [-0.4, -0.2) is 28.9 Å². The van der Waals surface area contributed by atoms with Gasteiger partial charge in [-0.1, -0.05) is 28.9 Å². The predicted molar refractivity (Wildman–Crippen MR) is 101 cm³/mol. The van der Waals surface area contributed by atoms with Crippen LogP contribution >= 0.6 is 15.9 Å². The van der Waals surface area contributed by atoms with Crippen LogP contribution in [0.4, 0.5) is 11.4 Å². The summed E-state index contributed by atoms with van der Waals surface area (Å²) < 4.78 is 1.06. The zero-order valence-electron chi connectivity index (χ0n) is 14.1. The molecule has 0 aliphatic carbocycles. The lowest BCUT2D eigenvalue weighted by molar-refractivity contribution is 0.0691. The molecule has 0 bridgehead atoms. The number of hydrogen-bond acceptors (Lipinski definition) is 3. The summed E-state index contributed by atoms with van der Waals surface area (Å²) in [7, 11) is 0. The van der Waals surface area contributed by atoms with Crippen LogP contribution in [0.25, 0.3) is 0 Å². The highest BCUT2D eigenvalue weighted by Gasteiger charge is 2.22. The van der Waals surface area contributed by atoms with Gasteiger partial charge in [0.25, 0.3) is 5.91 Å². The minimum atomic E-state index is 0.0338. The highest BCUT2D eigenvalue weighted by Crippen LogP contribution is 2.24. The minimum Gasteiger partial charge on any atom is -0.354 e. The van der Waals surface area contributed by atoms with Gasteiger partial charge in [0.1, 0.15) is 5.69 Å². The van der Waals surface area contributed by atoms with Crippen LogP contribution in [0.1, 0.15) is 35.8 Å². The Hall–Kier alpha value is -1.88. The number of amides is 1. The molecule has 1 aliphatic rings. The van der Waals surface area contributed by atoms with Gasteiger partial charge in [0, 0.05) is 23.2 Å². The van der Waals surface area contributed by atoms with E-state index in [1.807, 2.05) is 23.1 Å². The quantitative estimate of drug-likeness (QED) is 0.824. The SMILES string of the molecule is Cc1ccc(Nc2ccc(C(=O)N3CCC(C)CC3)nc2)cc1Br. The normalized spacial score (nSPS) is 15.4. The topological polar surface area (TPSA) is 45.2 Å². The van der Waals surface area contributed by atoms with Crippen LogP contribution in [-0.2, 0) is 0 Å². The van der Waals surface area contributed by atoms with Crippen LogP contribution in [0, 0.1) is 12.8 Å². The third-order valence-corrected chi connectivity index (χ3v) is 5.37. The van der Waals surface area contributed by atoms with Gasteiger partial charge < -0.3 is 10.2 Å². The largest absolute Gasteiger partial charge is 0.354 e. The van der Waals surface area contributed by atoms with E-state index in [-0.39, 0.29) is 5.91 Å². The van der Waals surface area contributed by atoms with Gasteiger partial charge in [-0.25, -0.2) is 4.98 Å². The lowest BCUT2D eigenvalue weighted by Gasteiger charge is -2.30. The van der Waals surface area contributed by atoms with Crippen molar-refractivity contribution in [3.05, 3.63) is 52.3 Å². The Labute approximate surface area is 151 Å². The van der Waals surface area contributed by atoms with E-state index in [2.05, 4.69) is 46.1 Å². The van der Waals surface area contributed by atoms with Crippen molar-refractivity contribution in [1.29, 1.82) is 0 Å². The van der Waals surface area contributed by atoms with E-state index in [0.29, 0.717) is 11.6 Å². The summed E-state index contributed by atoms with van der Waals surface area (Å²) in [4.78, 5) is 18.7. The lowest BCUT2D eigenvalue weighted by Crippen LogP contribution is -2.38. The van der Waals surface area contributed by atoms with Gasteiger partial charge in [0.15, 0.2) is 0 Å². The number of nitrogens with one attached hydrogen (secondary N) is 1. The fourth-order valence-electron chi connectivity index (χ4n) is 2.81. The van der Waals surface area contributed by atoms with Crippen molar-refractivity contribution in [2.75, 3.05) is 18.4 Å². The smallest absolute Gasteiger partial charge is 0.272 e. The Kier molecular flexibility index (Phi) is 5.19. The summed E-state index contributed by atoms with van der Waals surface area (Å²) in [6, 6.07) is 9.80. The Balaban J connectivity index is 1.66. The van der Waals surface area contributed by atoms with Crippen LogP contribution in [0.15, 0.2) is 41.0 Å². The molecular weight excluding hydrogens is 366 g/mol. The highest BCUT2D eigenvalue weighted by atomic mass is 79.9. The van der Waals surface area contributed by atoms with Gasteiger partial charge in [-0.3, -0.25) is 4.79 Å². The minimum absolute atomic E-state index is 0.0338. The van der Waals surface area contributed by atoms with Crippen molar-refractivity contribution in [2.24, 2.45) is 5.92 Å². The van der Waals surface area contributed by atoms with Crippen molar-refractivity contribution in [1.82, 2.24) is 9.88 Å². The number of likely N-dealkylation sites (tertiary alicyclic amines) is 1. The van der Waals surface area contributed by atoms with Crippen molar-refractivity contribution in [3.63, 3.8) is 0 Å². The Morgan fingerprint density at radius 3 is 2.54 bits per heavy atom. The molecule has 3 rings (SSSR count). The maximum atomic E-state index is 12.5. The monoisotopic (exact) mass is 387 g/mol. The van der Waals surface area contributed by atoms with Crippen LogP contribution in [0.5, 0.6) is 0 Å². The maximum Gasteiger partial charge on any atom is 0.272 e. The zero-order chi connectivity index (χ0) is 17.1. The zero-order valence-corrected chi connectivity index (χ0v) is 15.6. The number of carbonyl (C=O) groups is 1. The summed E-state index contributed by atoms with van der Waals surface area (Å²) in [5.74, 6) is 0.744. The van der Waals surface area contributed by atoms with Gasteiger partial charge in [-0.05, 0) is 55.5 Å². The van der Waals surface area contributed by atoms with Crippen LogP contribution in [0.3, 0.4) is 0 Å². The molecule has 0 radical (unpaired) electrons. The molecule has 1 aromatic heterocycles. The van der Waals surface area contributed by atoms with Crippen LogP contribution in [0.2, 0.25) is 0 Å². The van der Waals surface area contributed by atoms with Crippen molar-refractivity contribution in [2.45, 2.75) is 26.7 Å². The second-order valence-corrected chi connectivity index (χ2v) is 7.35. The van der Waals surface area contributed by atoms with Crippen molar-refractivity contribution < 1.29 is 4.79 Å². The molecule has 5 heteroatoms. The Morgan fingerprint density at radius 2 is 1.92 bits per heavy atom. The first-order valence-corrected chi connectivity index (χ1v) is 9.11. The number of carbonyl (C=O) groups excluding carboxylic acids is 1. The second kappa shape index (κ2) is 7.34. The van der Waals surface area contributed by atoms with Crippen molar-refractivity contribution >= 4 is 33.2 Å². The van der Waals surface area contributed by atoms with Gasteiger partial charge in [0.2, 0.25) is 0 Å². The van der Waals surface area contributed by atoms with E-state index in [1.54, 1.807) is 12.3 Å². The molecule has 2 aromatic rings. The van der Waals surface area contributed by atoms with E-state index >= 15 is 0 Å². The molecule has 2 heterocycles. The molecular formula is C19H22BrN3O. The summed E-state index contributed by atoms with van der Waals surface area (Å²) in [5.41, 5.74) is 3.56. The number of halogens is 1. The molecule has 1 aliphatic heterocycles. The molecule has 1 saturated heterocycles. The van der Waals surface area contributed by atoms with Gasteiger partial charge in [-0.15, -0.1) is 0 Å². The Morgan fingerprint density at radius 1 is 1.21 bits per heavy atom. The third-order valence-electron chi connectivity index (χ3n) is 4.51. The third kappa shape index (κ3) is 3.96. The van der Waals surface area contributed by atoms with E-state index < -0.39 is 0 Å². The number of piperidine rings is 1. The highest BCUT2D eigenvalue weighted by molar-refractivity contribution is 9.10. The summed E-state index contributed by atoms with van der Waals surface area (Å²) in [6.07, 6.45) is 3.87. The fourth-order valence-corrected chi connectivity index (χ4v) is 3.18. The van der Waals surface area contributed by atoms with Gasteiger partial charge >= 0.3 is 0 Å². The first kappa shape index (κ1) is 17.0. The van der Waals surface area contributed by atoms with Crippen LogP contribution < -0.4 is 5.32 Å². The number of aryl methyl sites for hydroxylation is 1. The maximum absolute atomic E-state index is 12.5. The molecule has 1 aromatic carbocycles. The molecule has 1 N–H and O–H groups in total. The number of aromatic nitrogens is 1. The van der Waals surface area contributed by atoms with E-state index in [1.165, 1.54) is 5.56 Å². The Bertz CT molecular complexity index is 722. The average Bonchev–Trinajstić information content (AvgIpc) is 2.59. The molecule has 1 fully saturated rings. The number of benzene rings is 1. The molecule has 1 amide bonds. The number of rotatable bonds is 3. The van der Waals surface area contributed by atoms with Gasteiger partial charge in [0.05, 0.1) is 11.9 Å². The standard InChI is InChI=1S/C19H22BrN3O/c1-13-7-9-23(10-8-13)19(24)18-6-5-16(12-21-18)22-15-4-3-14(2)17(20)11-15/h3-6,11-13,22H,7-10H2,1-2H3. The average molecular weight is 388 g/mol. The summed E-state index contributed by atoms with van der Waals surface area (Å²) in [6.45, 7) is 5.96. The summed E-state index contributed by atoms with van der Waals surface area (Å²) >= 11 is 3.53. The first-order valence-electron chi connectivity index (χ1n) is 8.31. The first-order chi connectivity index (χ1) is 11.5. The number of nitrogens with zero attached hydrogens (tertiary/aromatic N) is 2. The second-order valence-electron chi connectivity index (χ2n) is 6.50. The fraction of sp³-hybridized carbons (Fsp3) is 0.368. The van der Waals surface area contributed by atoms with Gasteiger partial charge in [-0.2, -0.15) is 0 Å². The molecule has 0 atom stereocenters. The van der Waals surface area contributed by atoms with Crippen molar-refractivity contribution in [3.8, 4) is 0 Å². The number of hydrogen-bond donors (Lipinski definition) is 1. The van der Waals surface area contributed by atoms with E-state index in [4.69, 9.17) is 0 Å². The lowest BCUT2D eigenvalue weighted by atomic mass is 9.99. The number of anilines is 2. The molecule has 0 unspecified atom stereocenters. The van der Waals surface area contributed by atoms with E-state index in [0.717, 1.165) is 41.8 Å². The number of pyridine rings is 1. The molecule has 4 nitrogen and oxygen atoms in total. The molecule has 0 saturated carbocycles. The predicted octanol–water partition coefficient (Wildman–Crippen LogP) is 4.77. The summed E-state index contributed by atoms with van der Waals surface area (Å²) in [5, 5.41) is 3.31. The molecule has 24 heavy (non-hydrogen) atoms. The van der Waals surface area contributed by atoms with E-state index in [9.17, 15) is 4.79 Å².